The maximum atomic E-state index is 12.8. The summed E-state index contributed by atoms with van der Waals surface area (Å²) in [5, 5.41) is 5.72. The second kappa shape index (κ2) is 13.7. The van der Waals surface area contributed by atoms with Crippen LogP contribution >= 0.6 is 22.9 Å². The Morgan fingerprint density at radius 3 is 2.28 bits per heavy atom. The predicted molar refractivity (Wildman–Crippen MR) is 147 cm³/mol. The topological polar surface area (TPSA) is 128 Å². The smallest absolute Gasteiger partial charge is 0.341 e. The fourth-order valence-electron chi connectivity index (χ4n) is 3.74. The second-order valence-corrected chi connectivity index (χ2v) is 9.79. The van der Waals surface area contributed by atoms with Crippen molar-refractivity contribution in [2.45, 2.75) is 33.2 Å². The summed E-state index contributed by atoms with van der Waals surface area (Å²) >= 11 is 7.08. The Labute approximate surface area is 234 Å². The quantitative estimate of drug-likeness (QED) is 0.241. The van der Waals surface area contributed by atoms with Crippen LogP contribution in [0.3, 0.4) is 0 Å². The number of benzene rings is 2. The van der Waals surface area contributed by atoms with Gasteiger partial charge in [-0.3, -0.25) is 19.2 Å². The molecule has 1 atom stereocenters. The van der Waals surface area contributed by atoms with Crippen LogP contribution in [0, 0.1) is 6.92 Å². The molecule has 0 saturated carbocycles. The average molecular weight is 571 g/mol. The first-order valence-electron chi connectivity index (χ1n) is 12.0. The lowest BCUT2D eigenvalue weighted by molar-refractivity contribution is -0.147. The summed E-state index contributed by atoms with van der Waals surface area (Å²) in [5.74, 6) is -2.86. The van der Waals surface area contributed by atoms with Crippen molar-refractivity contribution < 1.29 is 33.4 Å². The molecule has 1 heterocycles. The third-order valence-electron chi connectivity index (χ3n) is 5.56. The molecule has 204 valence electrons. The molecule has 2 aromatic carbocycles. The molecular formula is C28H27ClN2O7S. The van der Waals surface area contributed by atoms with E-state index in [2.05, 4.69) is 10.6 Å². The minimum atomic E-state index is -0.751. The van der Waals surface area contributed by atoms with Gasteiger partial charge in [-0.15, -0.1) is 11.3 Å². The first-order chi connectivity index (χ1) is 18.6. The fourth-order valence-corrected chi connectivity index (χ4v) is 5.07. The average Bonchev–Trinajstić information content (AvgIpc) is 3.23. The van der Waals surface area contributed by atoms with Crippen LogP contribution < -0.4 is 10.6 Å². The first kappa shape index (κ1) is 29.5. The van der Waals surface area contributed by atoms with Crippen molar-refractivity contribution >= 4 is 57.5 Å². The number of amides is 2. The number of halogens is 1. The molecular weight excluding hydrogens is 544 g/mol. The summed E-state index contributed by atoms with van der Waals surface area (Å²) in [7, 11) is 0. The largest absolute Gasteiger partial charge is 0.462 e. The van der Waals surface area contributed by atoms with Crippen LogP contribution in [0.4, 0.5) is 5.00 Å². The van der Waals surface area contributed by atoms with E-state index >= 15 is 0 Å². The zero-order valence-electron chi connectivity index (χ0n) is 21.5. The summed E-state index contributed by atoms with van der Waals surface area (Å²) in [6.07, 6.45) is -0.256. The lowest BCUT2D eigenvalue weighted by Gasteiger charge is -2.19. The lowest BCUT2D eigenvalue weighted by atomic mass is 10.0. The van der Waals surface area contributed by atoms with E-state index in [9.17, 15) is 24.0 Å². The normalized spacial score (nSPS) is 11.3. The molecule has 0 bridgehead atoms. The third-order valence-corrected chi connectivity index (χ3v) is 7.20. The number of nitrogens with one attached hydrogen (secondary N) is 2. The molecule has 0 radical (unpaired) electrons. The van der Waals surface area contributed by atoms with Gasteiger partial charge in [-0.2, -0.15) is 0 Å². The molecule has 0 fully saturated rings. The Morgan fingerprint density at radius 1 is 0.974 bits per heavy atom. The third kappa shape index (κ3) is 7.75. The van der Waals surface area contributed by atoms with Crippen molar-refractivity contribution in [1.82, 2.24) is 5.32 Å². The molecule has 2 amide bonds. The van der Waals surface area contributed by atoms with Crippen LogP contribution in [-0.2, 0) is 19.1 Å². The molecule has 0 aliphatic rings. The molecule has 11 heteroatoms. The number of carbonyl (C=O) groups excluding carboxylic acids is 5. The van der Waals surface area contributed by atoms with Gasteiger partial charge in [-0.25, -0.2) is 4.79 Å². The standard InChI is InChI=1S/C28H27ClN2O7S/c1-4-37-28(36)24-16(2)25(17(3)32)39-27(24)31-22(33)15-38-23(34)14-21(18-10-6-5-7-11-18)30-26(35)19-12-8-9-13-20(19)29/h5-13,21H,4,14-15H2,1-3H3,(H,30,35)(H,31,33). The molecule has 3 aromatic rings. The Morgan fingerprint density at radius 2 is 1.64 bits per heavy atom. The minimum Gasteiger partial charge on any atom is -0.462 e. The maximum absolute atomic E-state index is 12.8. The summed E-state index contributed by atoms with van der Waals surface area (Å²) in [4.78, 5) is 62.8. The van der Waals surface area contributed by atoms with E-state index in [-0.39, 0.29) is 40.0 Å². The van der Waals surface area contributed by atoms with Gasteiger partial charge in [-0.05, 0) is 44.0 Å². The van der Waals surface area contributed by atoms with Gasteiger partial charge in [-0.1, -0.05) is 54.1 Å². The zero-order valence-corrected chi connectivity index (χ0v) is 23.1. The number of ether oxygens (including phenoxy) is 2. The van der Waals surface area contributed by atoms with Gasteiger partial charge >= 0.3 is 11.9 Å². The first-order valence-corrected chi connectivity index (χ1v) is 13.2. The number of hydrogen-bond donors (Lipinski definition) is 2. The number of rotatable bonds is 11. The number of esters is 2. The summed E-state index contributed by atoms with van der Waals surface area (Å²) in [6, 6.07) is 14.6. The highest BCUT2D eigenvalue weighted by atomic mass is 35.5. The van der Waals surface area contributed by atoms with Crippen molar-refractivity contribution in [3.63, 3.8) is 0 Å². The van der Waals surface area contributed by atoms with Crippen molar-refractivity contribution in [2.24, 2.45) is 0 Å². The van der Waals surface area contributed by atoms with Gasteiger partial charge in [0.1, 0.15) is 5.00 Å². The van der Waals surface area contributed by atoms with Crippen molar-refractivity contribution in [1.29, 1.82) is 0 Å². The van der Waals surface area contributed by atoms with Crippen LogP contribution in [0.1, 0.15) is 67.8 Å². The van der Waals surface area contributed by atoms with Gasteiger partial charge in [0.05, 0.1) is 40.1 Å². The lowest BCUT2D eigenvalue weighted by Crippen LogP contribution is -2.31. The van der Waals surface area contributed by atoms with Gasteiger partial charge in [0.2, 0.25) is 0 Å². The highest BCUT2D eigenvalue weighted by Crippen LogP contribution is 2.34. The molecule has 1 unspecified atom stereocenters. The predicted octanol–water partition coefficient (Wildman–Crippen LogP) is 5.13. The van der Waals surface area contributed by atoms with Crippen LogP contribution in [0.2, 0.25) is 5.02 Å². The van der Waals surface area contributed by atoms with Gasteiger partial charge in [0.15, 0.2) is 12.4 Å². The summed E-state index contributed by atoms with van der Waals surface area (Å²) in [5.41, 5.74) is 1.39. The minimum absolute atomic E-state index is 0.0816. The Kier molecular flexibility index (Phi) is 10.4. The molecule has 1 aromatic heterocycles. The van der Waals surface area contributed by atoms with E-state index in [0.717, 1.165) is 11.3 Å². The Bertz CT molecular complexity index is 1390. The molecule has 2 N–H and O–H groups in total. The number of ketones is 1. The van der Waals surface area contributed by atoms with Crippen LogP contribution in [0.15, 0.2) is 54.6 Å². The van der Waals surface area contributed by atoms with Crippen LogP contribution in [0.5, 0.6) is 0 Å². The highest BCUT2D eigenvalue weighted by Gasteiger charge is 2.26. The molecule has 0 aliphatic carbocycles. The Hall–Kier alpha value is -4.02. The molecule has 39 heavy (non-hydrogen) atoms. The number of carbonyl (C=O) groups is 5. The highest BCUT2D eigenvalue weighted by molar-refractivity contribution is 7.18. The monoisotopic (exact) mass is 570 g/mol. The Balaban J connectivity index is 1.68. The van der Waals surface area contributed by atoms with E-state index in [1.165, 1.54) is 6.92 Å². The number of thiophene rings is 1. The maximum Gasteiger partial charge on any atom is 0.341 e. The van der Waals surface area contributed by atoms with Gasteiger partial charge in [0, 0.05) is 0 Å². The molecule has 0 aliphatic heterocycles. The summed E-state index contributed by atoms with van der Waals surface area (Å²) in [6.45, 7) is 4.06. The fraction of sp³-hybridized carbons (Fsp3) is 0.250. The molecule has 0 saturated heterocycles. The van der Waals surface area contributed by atoms with E-state index < -0.39 is 36.4 Å². The molecule has 0 spiro atoms. The van der Waals surface area contributed by atoms with Crippen molar-refractivity contribution in [3.8, 4) is 0 Å². The summed E-state index contributed by atoms with van der Waals surface area (Å²) < 4.78 is 10.2. The number of Topliss-reactive ketones (excluding diaryl/α,β-unsaturated/α-hetero) is 1. The SMILES string of the molecule is CCOC(=O)c1c(NC(=O)COC(=O)CC(NC(=O)c2ccccc2Cl)c2ccccc2)sc(C(C)=O)c1C. The van der Waals surface area contributed by atoms with E-state index in [4.69, 9.17) is 21.1 Å². The van der Waals surface area contributed by atoms with Gasteiger partial charge in [0.25, 0.3) is 11.8 Å². The number of anilines is 1. The zero-order chi connectivity index (χ0) is 28.5. The van der Waals surface area contributed by atoms with E-state index in [0.29, 0.717) is 16.0 Å². The molecule has 3 rings (SSSR count). The van der Waals surface area contributed by atoms with Crippen molar-refractivity contribution in [2.75, 3.05) is 18.5 Å². The van der Waals surface area contributed by atoms with E-state index in [1.807, 2.05) is 0 Å². The van der Waals surface area contributed by atoms with Gasteiger partial charge < -0.3 is 20.1 Å². The van der Waals surface area contributed by atoms with Crippen LogP contribution in [0.25, 0.3) is 0 Å². The van der Waals surface area contributed by atoms with Crippen LogP contribution in [-0.4, -0.2) is 42.7 Å². The van der Waals surface area contributed by atoms with Crippen molar-refractivity contribution in [3.05, 3.63) is 86.8 Å². The van der Waals surface area contributed by atoms with E-state index in [1.54, 1.807) is 68.4 Å². The number of hydrogen-bond acceptors (Lipinski definition) is 8. The molecule has 9 nitrogen and oxygen atoms in total. The second-order valence-electron chi connectivity index (χ2n) is 8.37.